The van der Waals surface area contributed by atoms with Gasteiger partial charge in [0.2, 0.25) is 5.82 Å². The molecular formula is C15H13BrN4OS. The van der Waals surface area contributed by atoms with Crippen molar-refractivity contribution in [1.29, 1.82) is 0 Å². The Bertz CT molecular complexity index is 935. The average molecular weight is 377 g/mol. The number of aromatic nitrogens is 3. The molecule has 0 N–H and O–H groups in total. The van der Waals surface area contributed by atoms with Crippen LogP contribution in [0.15, 0.2) is 52.7 Å². The molecular weight excluding hydrogens is 364 g/mol. The first-order valence-electron chi connectivity index (χ1n) is 6.56. The third-order valence-corrected chi connectivity index (χ3v) is 4.70. The van der Waals surface area contributed by atoms with Crippen molar-refractivity contribution in [2.45, 2.75) is 6.54 Å². The Morgan fingerprint density at radius 2 is 2.36 bits per heavy atom. The second kappa shape index (κ2) is 6.02. The summed E-state index contributed by atoms with van der Waals surface area (Å²) in [5.74, 6) is -0.0280. The number of carbonyl (C=O) groups excluding carboxylic acids is 1. The largest absolute Gasteiger partial charge is 0.330 e. The van der Waals surface area contributed by atoms with Gasteiger partial charge >= 0.3 is 5.91 Å². The molecule has 0 saturated heterocycles. The number of aryl methyl sites for hydroxylation is 1. The van der Waals surface area contributed by atoms with E-state index in [4.69, 9.17) is 0 Å². The van der Waals surface area contributed by atoms with Crippen molar-refractivity contribution in [2.24, 2.45) is 12.0 Å². The van der Waals surface area contributed by atoms with E-state index in [9.17, 15) is 4.79 Å². The van der Waals surface area contributed by atoms with Crippen LogP contribution in [-0.2, 0) is 13.6 Å². The molecule has 7 heteroatoms. The summed E-state index contributed by atoms with van der Waals surface area (Å²) in [5.41, 5.74) is 1.03. The summed E-state index contributed by atoms with van der Waals surface area (Å²) in [6.45, 7) is 4.37. The van der Waals surface area contributed by atoms with Crippen LogP contribution < -0.4 is 4.80 Å². The minimum atomic E-state index is -0.351. The Labute approximate surface area is 139 Å². The number of amides is 1. The highest BCUT2D eigenvalue weighted by molar-refractivity contribution is 9.10. The van der Waals surface area contributed by atoms with Gasteiger partial charge in [0.15, 0.2) is 4.80 Å². The summed E-state index contributed by atoms with van der Waals surface area (Å²) >= 11 is 4.93. The molecule has 2 aromatic heterocycles. The molecule has 2 heterocycles. The molecule has 1 amide bonds. The van der Waals surface area contributed by atoms with Crippen LogP contribution in [0.3, 0.4) is 0 Å². The Morgan fingerprint density at radius 1 is 1.55 bits per heavy atom. The molecule has 0 atom stereocenters. The van der Waals surface area contributed by atoms with Gasteiger partial charge in [0.05, 0.1) is 10.2 Å². The van der Waals surface area contributed by atoms with Gasteiger partial charge in [-0.3, -0.25) is 4.79 Å². The fourth-order valence-corrected chi connectivity index (χ4v) is 3.74. The van der Waals surface area contributed by atoms with Gasteiger partial charge < -0.3 is 9.13 Å². The molecule has 0 radical (unpaired) electrons. The lowest BCUT2D eigenvalue weighted by Gasteiger charge is -2.01. The normalized spacial score (nSPS) is 12.0. The van der Waals surface area contributed by atoms with Gasteiger partial charge in [-0.1, -0.05) is 33.3 Å². The zero-order valence-corrected chi connectivity index (χ0v) is 14.3. The highest BCUT2D eigenvalue weighted by atomic mass is 79.9. The second-order valence-corrected chi connectivity index (χ2v) is 6.60. The molecule has 0 unspecified atom stereocenters. The summed E-state index contributed by atoms with van der Waals surface area (Å²) in [7, 11) is 1.77. The van der Waals surface area contributed by atoms with Gasteiger partial charge in [0, 0.05) is 30.5 Å². The molecule has 5 nitrogen and oxygen atoms in total. The van der Waals surface area contributed by atoms with Crippen LogP contribution in [0.5, 0.6) is 0 Å². The quantitative estimate of drug-likeness (QED) is 0.659. The Balaban J connectivity index is 2.19. The van der Waals surface area contributed by atoms with Crippen molar-refractivity contribution in [1.82, 2.24) is 14.1 Å². The molecule has 1 aromatic carbocycles. The van der Waals surface area contributed by atoms with E-state index in [1.54, 1.807) is 30.1 Å². The van der Waals surface area contributed by atoms with Crippen LogP contribution in [-0.4, -0.2) is 20.0 Å². The summed E-state index contributed by atoms with van der Waals surface area (Å²) in [6.07, 6.45) is 5.10. The molecule has 0 saturated carbocycles. The van der Waals surface area contributed by atoms with Crippen molar-refractivity contribution >= 4 is 43.4 Å². The van der Waals surface area contributed by atoms with Gasteiger partial charge in [0.1, 0.15) is 0 Å². The van der Waals surface area contributed by atoms with E-state index >= 15 is 0 Å². The molecule has 22 heavy (non-hydrogen) atoms. The highest BCUT2D eigenvalue weighted by Gasteiger charge is 2.12. The predicted octanol–water partition coefficient (Wildman–Crippen LogP) is 3.13. The van der Waals surface area contributed by atoms with Crippen molar-refractivity contribution in [2.75, 3.05) is 0 Å². The van der Waals surface area contributed by atoms with E-state index in [1.807, 2.05) is 22.8 Å². The summed E-state index contributed by atoms with van der Waals surface area (Å²) in [4.78, 5) is 21.2. The molecule has 0 fully saturated rings. The van der Waals surface area contributed by atoms with Crippen LogP contribution in [0.2, 0.25) is 0 Å². The Morgan fingerprint density at radius 3 is 3.05 bits per heavy atom. The average Bonchev–Trinajstić information content (AvgIpc) is 3.03. The topological polar surface area (TPSA) is 52.2 Å². The van der Waals surface area contributed by atoms with Gasteiger partial charge in [-0.05, 0) is 18.2 Å². The maximum Gasteiger partial charge on any atom is 0.315 e. The molecule has 0 bridgehead atoms. The van der Waals surface area contributed by atoms with Crippen molar-refractivity contribution in [3.8, 4) is 0 Å². The number of nitrogens with zero attached hydrogens (tertiary/aromatic N) is 4. The van der Waals surface area contributed by atoms with E-state index in [-0.39, 0.29) is 5.91 Å². The predicted molar refractivity (Wildman–Crippen MR) is 90.8 cm³/mol. The minimum Gasteiger partial charge on any atom is -0.330 e. The molecule has 0 aliphatic carbocycles. The van der Waals surface area contributed by atoms with Crippen molar-refractivity contribution in [3.05, 3.63) is 58.3 Å². The zero-order valence-electron chi connectivity index (χ0n) is 11.9. The maximum absolute atomic E-state index is 12.3. The van der Waals surface area contributed by atoms with Crippen LogP contribution >= 0.6 is 27.3 Å². The van der Waals surface area contributed by atoms with E-state index < -0.39 is 0 Å². The van der Waals surface area contributed by atoms with Gasteiger partial charge in [0.25, 0.3) is 0 Å². The smallest absolute Gasteiger partial charge is 0.315 e. The number of thiazole rings is 1. The highest BCUT2D eigenvalue weighted by Crippen LogP contribution is 2.22. The SMILES string of the molecule is C=CCn1c(=NC(=O)c2nccn2C)sc2cc(Br)ccc21. The molecule has 3 aromatic rings. The molecule has 0 spiro atoms. The third kappa shape index (κ3) is 2.69. The van der Waals surface area contributed by atoms with Crippen LogP contribution in [0.25, 0.3) is 10.2 Å². The number of hydrogen-bond acceptors (Lipinski definition) is 3. The zero-order chi connectivity index (χ0) is 15.7. The lowest BCUT2D eigenvalue weighted by Crippen LogP contribution is -2.17. The lowest BCUT2D eigenvalue weighted by atomic mass is 10.3. The second-order valence-electron chi connectivity index (χ2n) is 4.67. The monoisotopic (exact) mass is 376 g/mol. The standard InChI is InChI=1S/C15H13BrN4OS/c1-3-7-20-11-5-4-10(16)9-12(11)22-15(20)18-14(21)13-17-6-8-19(13)2/h3-6,8-9H,1,7H2,2H3. The number of halogens is 1. The number of hydrogen-bond donors (Lipinski definition) is 0. The lowest BCUT2D eigenvalue weighted by molar-refractivity contribution is 0.0985. The molecule has 0 aliphatic rings. The number of rotatable bonds is 3. The number of allylic oxidation sites excluding steroid dienone is 1. The number of benzene rings is 1. The summed E-state index contributed by atoms with van der Waals surface area (Å²) < 4.78 is 5.69. The molecule has 3 rings (SSSR count). The number of carbonyl (C=O) groups is 1. The fourth-order valence-electron chi connectivity index (χ4n) is 2.15. The fraction of sp³-hybridized carbons (Fsp3) is 0.133. The first-order valence-corrected chi connectivity index (χ1v) is 8.17. The van der Waals surface area contributed by atoms with E-state index in [0.29, 0.717) is 17.2 Å². The van der Waals surface area contributed by atoms with E-state index in [2.05, 4.69) is 32.5 Å². The summed E-state index contributed by atoms with van der Waals surface area (Å²) in [6, 6.07) is 5.99. The van der Waals surface area contributed by atoms with Gasteiger partial charge in [-0.25, -0.2) is 4.98 Å². The first kappa shape index (κ1) is 14.9. The third-order valence-electron chi connectivity index (χ3n) is 3.17. The van der Waals surface area contributed by atoms with Gasteiger partial charge in [-0.15, -0.1) is 6.58 Å². The van der Waals surface area contributed by atoms with Crippen molar-refractivity contribution < 1.29 is 4.79 Å². The Kier molecular flexibility index (Phi) is 4.08. The van der Waals surface area contributed by atoms with Crippen LogP contribution in [0.4, 0.5) is 0 Å². The van der Waals surface area contributed by atoms with E-state index in [1.165, 1.54) is 11.3 Å². The first-order chi connectivity index (χ1) is 10.6. The van der Waals surface area contributed by atoms with Crippen LogP contribution in [0.1, 0.15) is 10.6 Å². The van der Waals surface area contributed by atoms with Gasteiger partial charge in [-0.2, -0.15) is 4.99 Å². The van der Waals surface area contributed by atoms with Crippen LogP contribution in [0, 0.1) is 0 Å². The van der Waals surface area contributed by atoms with E-state index in [0.717, 1.165) is 14.7 Å². The Hall–Kier alpha value is -1.99. The number of fused-ring (bicyclic) bond motifs is 1. The molecule has 0 aliphatic heterocycles. The minimum absolute atomic E-state index is 0.323. The molecule has 112 valence electrons. The van der Waals surface area contributed by atoms with Crippen molar-refractivity contribution in [3.63, 3.8) is 0 Å². The number of imidazole rings is 1. The maximum atomic E-state index is 12.3. The summed E-state index contributed by atoms with van der Waals surface area (Å²) in [5, 5.41) is 0.